The Hall–Kier alpha value is -1.92. The van der Waals surface area contributed by atoms with Crippen LogP contribution >= 0.6 is 0 Å². The summed E-state index contributed by atoms with van der Waals surface area (Å²) in [5, 5.41) is 4.57. The van der Waals surface area contributed by atoms with Crippen LogP contribution in [0.25, 0.3) is 0 Å². The number of aryl methyl sites for hydroxylation is 2. The monoisotopic (exact) mass is 399 g/mol. The number of carbonyl (C=O) groups excluding carboxylic acids is 1. The average molecular weight is 400 g/mol. The molecule has 5 nitrogen and oxygen atoms in total. The Labute approximate surface area is 169 Å². The molecular weight excluding hydrogens is 366 g/mol. The van der Waals surface area contributed by atoms with E-state index in [-0.39, 0.29) is 23.1 Å². The fraction of sp³-hybridized carbons (Fsp3) is 0.545. The van der Waals surface area contributed by atoms with Crippen molar-refractivity contribution in [1.82, 2.24) is 9.78 Å². The Bertz CT molecular complexity index is 820. The topological polar surface area (TPSA) is 47.4 Å². The first-order chi connectivity index (χ1) is 13.0. The van der Waals surface area contributed by atoms with Gasteiger partial charge >= 0.3 is 0 Å². The van der Waals surface area contributed by atoms with Gasteiger partial charge in [0.05, 0.1) is 11.8 Å². The summed E-state index contributed by atoms with van der Waals surface area (Å²) in [5.74, 6) is 0.0152. The molecule has 0 radical (unpaired) electrons. The second-order valence-corrected chi connectivity index (χ2v) is 14.2. The number of nitrogens with zero attached hydrogens (tertiary/aromatic N) is 3. The van der Waals surface area contributed by atoms with Gasteiger partial charge < -0.3 is 9.33 Å². The summed E-state index contributed by atoms with van der Waals surface area (Å²) in [6.07, 6.45) is 2.58. The van der Waals surface area contributed by atoms with Crippen LogP contribution in [-0.2, 0) is 4.43 Å². The molecule has 1 saturated heterocycles. The van der Waals surface area contributed by atoms with Crippen LogP contribution in [-0.4, -0.2) is 42.7 Å². The molecule has 2 atom stereocenters. The smallest absolute Gasteiger partial charge is 0.269 e. The lowest BCUT2D eigenvalue weighted by atomic mass is 10.1. The maximum absolute atomic E-state index is 13.3. The van der Waals surface area contributed by atoms with Crippen LogP contribution in [0.1, 0.15) is 43.2 Å². The highest BCUT2D eigenvalue weighted by atomic mass is 28.4. The molecule has 1 aromatic carbocycles. The van der Waals surface area contributed by atoms with Gasteiger partial charge in [0.15, 0.2) is 8.32 Å². The van der Waals surface area contributed by atoms with Crippen molar-refractivity contribution in [2.75, 3.05) is 11.4 Å². The van der Waals surface area contributed by atoms with E-state index in [2.05, 4.69) is 56.0 Å². The van der Waals surface area contributed by atoms with Crippen molar-refractivity contribution >= 4 is 19.9 Å². The van der Waals surface area contributed by atoms with Gasteiger partial charge in [-0.15, -0.1) is 0 Å². The molecule has 3 rings (SSSR count). The SMILES string of the molecule is Cc1cn(C(=O)C2CC(O[Si](C)(C)C(C)(C)C)CN2c2ccccc2)nc1C. The second-order valence-electron chi connectivity index (χ2n) is 9.42. The van der Waals surface area contributed by atoms with Crippen LogP contribution in [0.3, 0.4) is 0 Å². The molecule has 1 aliphatic rings. The molecule has 0 saturated carbocycles. The Morgan fingerprint density at radius 1 is 1.18 bits per heavy atom. The van der Waals surface area contributed by atoms with Gasteiger partial charge in [-0.1, -0.05) is 39.0 Å². The molecule has 0 spiro atoms. The lowest BCUT2D eigenvalue weighted by Gasteiger charge is -2.38. The molecule has 152 valence electrons. The van der Waals surface area contributed by atoms with Crippen molar-refractivity contribution in [3.63, 3.8) is 0 Å². The van der Waals surface area contributed by atoms with Gasteiger partial charge in [0.1, 0.15) is 6.04 Å². The first-order valence-electron chi connectivity index (χ1n) is 10.1. The van der Waals surface area contributed by atoms with E-state index in [1.807, 2.05) is 38.2 Å². The summed E-state index contributed by atoms with van der Waals surface area (Å²) in [6.45, 7) is 15.9. The molecule has 1 aliphatic heterocycles. The quantitative estimate of drug-likeness (QED) is 0.692. The molecule has 0 bridgehead atoms. The fourth-order valence-electron chi connectivity index (χ4n) is 3.43. The van der Waals surface area contributed by atoms with Gasteiger partial charge in [0.2, 0.25) is 0 Å². The third-order valence-electron chi connectivity index (χ3n) is 6.27. The zero-order valence-electron chi connectivity index (χ0n) is 18.2. The number of anilines is 1. The Morgan fingerprint density at radius 2 is 1.82 bits per heavy atom. The average Bonchev–Trinajstić information content (AvgIpc) is 3.17. The van der Waals surface area contributed by atoms with E-state index in [0.717, 1.165) is 23.5 Å². The molecule has 2 heterocycles. The molecule has 0 aliphatic carbocycles. The second kappa shape index (κ2) is 7.48. The molecular formula is C22H33N3O2Si. The van der Waals surface area contributed by atoms with Gasteiger partial charge in [-0.05, 0) is 49.7 Å². The zero-order chi connectivity index (χ0) is 20.7. The van der Waals surface area contributed by atoms with Crippen LogP contribution in [0.5, 0.6) is 0 Å². The van der Waals surface area contributed by atoms with Gasteiger partial charge in [-0.25, -0.2) is 4.68 Å². The summed E-state index contributed by atoms with van der Waals surface area (Å²) in [6, 6.07) is 9.89. The molecule has 2 unspecified atom stereocenters. The maximum atomic E-state index is 13.3. The Morgan fingerprint density at radius 3 is 2.36 bits per heavy atom. The lowest BCUT2D eigenvalue weighted by Crippen LogP contribution is -2.44. The largest absolute Gasteiger partial charge is 0.412 e. The summed E-state index contributed by atoms with van der Waals surface area (Å²) < 4.78 is 8.19. The van der Waals surface area contributed by atoms with Crippen molar-refractivity contribution in [3.8, 4) is 0 Å². The molecule has 1 fully saturated rings. The minimum atomic E-state index is -1.91. The first-order valence-corrected chi connectivity index (χ1v) is 13.0. The number of para-hydroxylation sites is 1. The van der Waals surface area contributed by atoms with Crippen molar-refractivity contribution in [1.29, 1.82) is 0 Å². The number of aromatic nitrogens is 2. The van der Waals surface area contributed by atoms with Crippen molar-refractivity contribution in [2.24, 2.45) is 0 Å². The van der Waals surface area contributed by atoms with Crippen molar-refractivity contribution < 1.29 is 9.22 Å². The standard InChI is InChI=1S/C22H33N3O2Si/c1-16-14-25(23-17(16)2)21(26)20-13-19(27-28(6,7)22(3,4)5)15-24(20)18-11-9-8-10-12-18/h8-12,14,19-20H,13,15H2,1-7H3. The zero-order valence-corrected chi connectivity index (χ0v) is 19.2. The number of hydrogen-bond acceptors (Lipinski definition) is 4. The van der Waals surface area contributed by atoms with E-state index < -0.39 is 8.32 Å². The number of carbonyl (C=O) groups is 1. The molecule has 28 heavy (non-hydrogen) atoms. The van der Waals surface area contributed by atoms with Crippen LogP contribution in [0, 0.1) is 13.8 Å². The van der Waals surface area contributed by atoms with Crippen LogP contribution in [0.4, 0.5) is 5.69 Å². The summed E-state index contributed by atoms with van der Waals surface area (Å²) in [7, 11) is -1.91. The molecule has 0 amide bonds. The number of rotatable bonds is 4. The summed E-state index contributed by atoms with van der Waals surface area (Å²) in [4.78, 5) is 15.5. The molecule has 6 heteroatoms. The van der Waals surface area contributed by atoms with E-state index in [4.69, 9.17) is 4.43 Å². The normalized spacial score (nSPS) is 20.6. The Kier molecular flexibility index (Phi) is 5.56. The highest BCUT2D eigenvalue weighted by Gasteiger charge is 2.44. The highest BCUT2D eigenvalue weighted by molar-refractivity contribution is 6.74. The maximum Gasteiger partial charge on any atom is 0.269 e. The molecule has 0 N–H and O–H groups in total. The van der Waals surface area contributed by atoms with Gasteiger partial charge in [-0.2, -0.15) is 5.10 Å². The summed E-state index contributed by atoms with van der Waals surface area (Å²) >= 11 is 0. The third kappa shape index (κ3) is 4.08. The molecule has 2 aromatic rings. The predicted octanol–water partition coefficient (Wildman–Crippen LogP) is 4.81. The number of hydrogen-bond donors (Lipinski definition) is 0. The van der Waals surface area contributed by atoms with Gasteiger partial charge in [0, 0.05) is 24.8 Å². The summed E-state index contributed by atoms with van der Waals surface area (Å²) in [5.41, 5.74) is 2.99. The fourth-order valence-corrected chi connectivity index (χ4v) is 4.78. The minimum Gasteiger partial charge on any atom is -0.412 e. The van der Waals surface area contributed by atoms with Gasteiger partial charge in [0.25, 0.3) is 5.91 Å². The number of benzene rings is 1. The van der Waals surface area contributed by atoms with E-state index in [1.54, 1.807) is 0 Å². The van der Waals surface area contributed by atoms with Gasteiger partial charge in [-0.3, -0.25) is 4.79 Å². The van der Waals surface area contributed by atoms with Crippen molar-refractivity contribution in [3.05, 3.63) is 47.8 Å². The van der Waals surface area contributed by atoms with Crippen LogP contribution in [0.15, 0.2) is 36.5 Å². The highest BCUT2D eigenvalue weighted by Crippen LogP contribution is 2.39. The van der Waals surface area contributed by atoms with E-state index in [9.17, 15) is 4.79 Å². The minimum absolute atomic E-state index is 0.0152. The molecule has 1 aromatic heterocycles. The first kappa shape index (κ1) is 20.8. The predicted molar refractivity (Wildman–Crippen MR) is 117 cm³/mol. The van der Waals surface area contributed by atoms with E-state index in [1.165, 1.54) is 4.68 Å². The Balaban J connectivity index is 1.88. The third-order valence-corrected chi connectivity index (χ3v) is 10.8. The van der Waals surface area contributed by atoms with Crippen molar-refractivity contribution in [2.45, 2.75) is 71.3 Å². The van der Waals surface area contributed by atoms with E-state index in [0.29, 0.717) is 6.42 Å². The van der Waals surface area contributed by atoms with E-state index >= 15 is 0 Å². The lowest BCUT2D eigenvalue weighted by molar-refractivity contribution is 0.0853. The van der Waals surface area contributed by atoms with Crippen LogP contribution < -0.4 is 4.90 Å². The van der Waals surface area contributed by atoms with Crippen LogP contribution in [0.2, 0.25) is 18.1 Å².